The van der Waals surface area contributed by atoms with E-state index in [1.54, 1.807) is 11.8 Å². The van der Waals surface area contributed by atoms with Gasteiger partial charge in [-0.05, 0) is 44.5 Å². The van der Waals surface area contributed by atoms with Gasteiger partial charge in [0.2, 0.25) is 5.91 Å². The molecular weight excluding hydrogens is 362 g/mol. The minimum atomic E-state index is 0.0324. The molecule has 2 aromatic heterocycles. The third kappa shape index (κ3) is 4.69. The lowest BCUT2D eigenvalue weighted by Gasteiger charge is -2.22. The van der Waals surface area contributed by atoms with E-state index in [1.807, 2.05) is 50.4 Å². The monoisotopic (exact) mass is 387 g/mol. The van der Waals surface area contributed by atoms with Gasteiger partial charge in [0.25, 0.3) is 0 Å². The summed E-state index contributed by atoms with van der Waals surface area (Å²) in [5.41, 5.74) is 9.84. The number of pyridine rings is 1. The molecule has 0 radical (unpaired) electrons. The van der Waals surface area contributed by atoms with Crippen molar-refractivity contribution >= 4 is 22.8 Å². The van der Waals surface area contributed by atoms with Crippen LogP contribution in [0.4, 0.5) is 5.82 Å². The highest BCUT2D eigenvalue weighted by Gasteiger charge is 2.12. The molecule has 3 aromatic rings. The summed E-state index contributed by atoms with van der Waals surface area (Å²) in [6, 6.07) is 11.8. The maximum absolute atomic E-state index is 12.2. The molecule has 2 N–H and O–H groups in total. The summed E-state index contributed by atoms with van der Waals surface area (Å²) < 4.78 is 0. The lowest BCUT2D eigenvalue weighted by Crippen LogP contribution is -2.34. The van der Waals surface area contributed by atoms with Crippen molar-refractivity contribution in [2.24, 2.45) is 0 Å². The van der Waals surface area contributed by atoms with E-state index in [9.17, 15) is 4.79 Å². The lowest BCUT2D eigenvalue weighted by atomic mass is 10.1. The van der Waals surface area contributed by atoms with E-state index >= 15 is 0 Å². The summed E-state index contributed by atoms with van der Waals surface area (Å²) in [5, 5.41) is 0. The fourth-order valence-corrected chi connectivity index (χ4v) is 2.94. The summed E-state index contributed by atoms with van der Waals surface area (Å²) in [6.45, 7) is 5.90. The van der Waals surface area contributed by atoms with Gasteiger partial charge in [-0.3, -0.25) is 4.79 Å². The minimum Gasteiger partial charge on any atom is -0.382 e. The third-order valence-electron chi connectivity index (χ3n) is 4.96. The summed E-state index contributed by atoms with van der Waals surface area (Å²) in [6.07, 6.45) is 1.12. The fourth-order valence-electron chi connectivity index (χ4n) is 2.94. The highest BCUT2D eigenvalue weighted by Crippen LogP contribution is 2.23. The Hall–Kier alpha value is -3.46. The summed E-state index contributed by atoms with van der Waals surface area (Å²) in [4.78, 5) is 27.1. The molecule has 3 rings (SSSR count). The van der Waals surface area contributed by atoms with Crippen LogP contribution in [0.2, 0.25) is 0 Å². The minimum absolute atomic E-state index is 0.0324. The van der Waals surface area contributed by atoms with Crippen LogP contribution < -0.4 is 5.73 Å². The fraction of sp³-hybridized carbons (Fsp3) is 0.304. The van der Waals surface area contributed by atoms with Crippen LogP contribution in [-0.4, -0.2) is 38.8 Å². The van der Waals surface area contributed by atoms with Crippen LogP contribution in [-0.2, 0) is 4.79 Å². The molecule has 29 heavy (non-hydrogen) atoms. The van der Waals surface area contributed by atoms with Crippen LogP contribution in [0.15, 0.2) is 36.4 Å². The van der Waals surface area contributed by atoms with Crippen LogP contribution in [0, 0.1) is 18.8 Å². The van der Waals surface area contributed by atoms with E-state index in [0.717, 1.165) is 28.8 Å². The van der Waals surface area contributed by atoms with Crippen LogP contribution >= 0.6 is 0 Å². The van der Waals surface area contributed by atoms with Gasteiger partial charge in [0.15, 0.2) is 5.82 Å². The van der Waals surface area contributed by atoms with Crippen LogP contribution in [0.1, 0.15) is 38.1 Å². The van der Waals surface area contributed by atoms with Crippen molar-refractivity contribution in [2.75, 3.05) is 12.8 Å². The quantitative estimate of drug-likeness (QED) is 0.692. The molecule has 0 spiro atoms. The molecule has 0 saturated carbocycles. The summed E-state index contributed by atoms with van der Waals surface area (Å²) in [5.74, 6) is 7.08. The van der Waals surface area contributed by atoms with Crippen molar-refractivity contribution in [1.29, 1.82) is 0 Å². The Morgan fingerprint density at radius 3 is 2.76 bits per heavy atom. The number of amides is 1. The first-order valence-corrected chi connectivity index (χ1v) is 9.65. The van der Waals surface area contributed by atoms with Crippen LogP contribution in [0.5, 0.6) is 0 Å². The van der Waals surface area contributed by atoms with Crippen molar-refractivity contribution in [3.8, 4) is 23.1 Å². The maximum Gasteiger partial charge on any atom is 0.234 e. The van der Waals surface area contributed by atoms with Gasteiger partial charge in [-0.25, -0.2) is 15.0 Å². The zero-order chi connectivity index (χ0) is 21.0. The normalized spacial score (nSPS) is 11.6. The average molecular weight is 387 g/mol. The van der Waals surface area contributed by atoms with Crippen molar-refractivity contribution < 1.29 is 4.79 Å². The molecule has 0 aliphatic rings. The Morgan fingerprint density at radius 1 is 1.21 bits per heavy atom. The second-order valence-electron chi connectivity index (χ2n) is 7.04. The van der Waals surface area contributed by atoms with Crippen LogP contribution in [0.25, 0.3) is 22.3 Å². The Kier molecular flexibility index (Phi) is 6.08. The van der Waals surface area contributed by atoms with Crippen LogP contribution in [0.3, 0.4) is 0 Å². The van der Waals surface area contributed by atoms with E-state index in [-0.39, 0.29) is 18.4 Å². The number of carbonyl (C=O) groups is 1. The highest BCUT2D eigenvalue weighted by atomic mass is 16.2. The number of aryl methyl sites for hydroxylation is 1. The first-order valence-electron chi connectivity index (χ1n) is 9.65. The number of fused-ring (bicyclic) bond motifs is 1. The lowest BCUT2D eigenvalue weighted by molar-refractivity contribution is -0.130. The molecule has 0 unspecified atom stereocenters. The van der Waals surface area contributed by atoms with Gasteiger partial charge in [-0.2, -0.15) is 0 Å². The molecule has 1 amide bonds. The van der Waals surface area contributed by atoms with E-state index in [2.05, 4.69) is 33.7 Å². The van der Waals surface area contributed by atoms with Gasteiger partial charge in [0.1, 0.15) is 11.3 Å². The number of aromatic nitrogens is 3. The second kappa shape index (κ2) is 8.70. The number of hydrogen-bond acceptors (Lipinski definition) is 5. The number of nitrogens with zero attached hydrogens (tertiary/aromatic N) is 4. The number of benzene rings is 1. The number of nitrogen functional groups attached to an aromatic ring is 1. The van der Waals surface area contributed by atoms with E-state index in [4.69, 9.17) is 5.73 Å². The Bertz CT molecular complexity index is 1110. The van der Waals surface area contributed by atoms with Gasteiger partial charge in [0.05, 0.1) is 17.6 Å². The molecule has 0 aliphatic heterocycles. The number of carbonyl (C=O) groups excluding carboxylic acids is 1. The molecular formula is C23H25N5O. The second-order valence-corrected chi connectivity index (χ2v) is 7.04. The number of nitrogens with two attached hydrogens (primary N) is 1. The van der Waals surface area contributed by atoms with Gasteiger partial charge in [-0.1, -0.05) is 30.9 Å². The number of rotatable bonds is 4. The molecule has 1 atom stereocenters. The Morgan fingerprint density at radius 2 is 2.00 bits per heavy atom. The molecule has 6 nitrogen and oxygen atoms in total. The summed E-state index contributed by atoms with van der Waals surface area (Å²) in [7, 11) is 1.82. The smallest absolute Gasteiger partial charge is 0.234 e. The van der Waals surface area contributed by atoms with Crippen molar-refractivity contribution in [3.05, 3.63) is 47.8 Å². The Labute approximate surface area is 171 Å². The van der Waals surface area contributed by atoms with E-state index in [1.165, 1.54) is 0 Å². The van der Waals surface area contributed by atoms with Crippen molar-refractivity contribution in [3.63, 3.8) is 0 Å². The van der Waals surface area contributed by atoms with Crippen molar-refractivity contribution in [1.82, 2.24) is 19.9 Å². The predicted octanol–water partition coefficient (Wildman–Crippen LogP) is 3.58. The predicted molar refractivity (Wildman–Crippen MR) is 116 cm³/mol. The zero-order valence-electron chi connectivity index (χ0n) is 17.2. The summed E-state index contributed by atoms with van der Waals surface area (Å²) >= 11 is 0. The zero-order valence-corrected chi connectivity index (χ0v) is 17.2. The largest absolute Gasteiger partial charge is 0.382 e. The molecule has 0 aliphatic carbocycles. The molecule has 2 heterocycles. The van der Waals surface area contributed by atoms with Gasteiger partial charge in [-0.15, -0.1) is 0 Å². The molecule has 1 aromatic carbocycles. The third-order valence-corrected chi connectivity index (χ3v) is 4.96. The van der Waals surface area contributed by atoms with Crippen molar-refractivity contribution in [2.45, 2.75) is 39.7 Å². The van der Waals surface area contributed by atoms with Gasteiger partial charge in [0, 0.05) is 24.2 Å². The molecule has 148 valence electrons. The topological polar surface area (TPSA) is 85.0 Å². The van der Waals surface area contributed by atoms with E-state index < -0.39 is 0 Å². The molecule has 6 heteroatoms. The van der Waals surface area contributed by atoms with E-state index in [0.29, 0.717) is 17.2 Å². The highest BCUT2D eigenvalue weighted by molar-refractivity contribution is 5.86. The molecule has 0 fully saturated rings. The Balaban J connectivity index is 1.82. The molecule has 0 saturated heterocycles. The van der Waals surface area contributed by atoms with Gasteiger partial charge >= 0.3 is 0 Å². The standard InChI is InChI=1S/C23H25N5O/c1-5-15(2)28(4)21(29)11-7-9-17-8-6-10-18(14-17)19-12-13-20-22(27-19)23(24)26-16(3)25-20/h6,8,10,12-15H,5,11H2,1-4H3,(H2,24,25,26)/t15-/m0/s1. The number of hydrogen-bond donors (Lipinski definition) is 1. The maximum atomic E-state index is 12.2. The average Bonchev–Trinajstić information content (AvgIpc) is 2.72. The SMILES string of the molecule is CC[C@H](C)N(C)C(=O)CC#Cc1cccc(-c2ccc3nc(C)nc(N)c3n2)c1. The first kappa shape index (κ1) is 20.3. The molecule has 0 bridgehead atoms. The number of anilines is 1. The van der Waals surface area contributed by atoms with Gasteiger partial charge < -0.3 is 10.6 Å². The first-order chi connectivity index (χ1) is 13.9.